The predicted molar refractivity (Wildman–Crippen MR) is 84.4 cm³/mol. The van der Waals surface area contributed by atoms with Gasteiger partial charge in [0, 0.05) is 19.1 Å². The fraction of sp³-hybridized carbons (Fsp3) is 0.533. The van der Waals surface area contributed by atoms with Gasteiger partial charge in [0.1, 0.15) is 5.82 Å². The number of rotatable bonds is 8. The molecule has 1 atom stereocenters. The smallest absolute Gasteiger partial charge is 0.224 e. The molecule has 1 aromatic carbocycles. The fourth-order valence-corrected chi connectivity index (χ4v) is 3.30. The van der Waals surface area contributed by atoms with E-state index in [1.165, 1.54) is 22.7 Å². The highest BCUT2D eigenvalue weighted by atomic mass is 32.2. The summed E-state index contributed by atoms with van der Waals surface area (Å²) in [4.78, 5) is 11.8. The molecule has 5 nitrogen and oxygen atoms in total. The molecule has 0 heterocycles. The summed E-state index contributed by atoms with van der Waals surface area (Å²) in [6.07, 6.45) is 2.01. The minimum Gasteiger partial charge on any atom is -0.354 e. The van der Waals surface area contributed by atoms with Crippen LogP contribution in [0.5, 0.6) is 0 Å². The van der Waals surface area contributed by atoms with Crippen LogP contribution in [0, 0.1) is 5.82 Å². The van der Waals surface area contributed by atoms with Gasteiger partial charge in [-0.2, -0.15) is 4.31 Å². The van der Waals surface area contributed by atoms with E-state index in [1.54, 1.807) is 12.1 Å². The molecule has 7 heteroatoms. The molecule has 1 N–H and O–H groups in total. The SMILES string of the molecule is CCC(C)N(CCNC(=O)Cc1ccc(F)cc1)S(C)(=O)=O. The third kappa shape index (κ3) is 6.11. The van der Waals surface area contributed by atoms with Crippen molar-refractivity contribution >= 4 is 15.9 Å². The highest BCUT2D eigenvalue weighted by molar-refractivity contribution is 7.88. The van der Waals surface area contributed by atoms with E-state index in [-0.39, 0.29) is 37.3 Å². The lowest BCUT2D eigenvalue weighted by molar-refractivity contribution is -0.120. The molecule has 1 amide bonds. The van der Waals surface area contributed by atoms with Crippen molar-refractivity contribution in [1.82, 2.24) is 9.62 Å². The molecule has 0 aromatic heterocycles. The number of carbonyl (C=O) groups excluding carboxylic acids is 1. The van der Waals surface area contributed by atoms with Crippen molar-refractivity contribution in [3.63, 3.8) is 0 Å². The molecule has 0 aliphatic heterocycles. The van der Waals surface area contributed by atoms with Crippen molar-refractivity contribution in [3.05, 3.63) is 35.6 Å². The van der Waals surface area contributed by atoms with Gasteiger partial charge in [-0.05, 0) is 31.0 Å². The zero-order valence-electron chi connectivity index (χ0n) is 13.2. The standard InChI is InChI=1S/C15H23FN2O3S/c1-4-12(2)18(22(3,20)21)10-9-17-15(19)11-13-5-7-14(16)8-6-13/h5-8,12H,4,9-11H2,1-3H3,(H,17,19). The molecule has 1 aromatic rings. The predicted octanol–water partition coefficient (Wildman–Crippen LogP) is 1.54. The molecular weight excluding hydrogens is 307 g/mol. The molecule has 124 valence electrons. The average molecular weight is 330 g/mol. The van der Waals surface area contributed by atoms with Crippen LogP contribution < -0.4 is 5.32 Å². The van der Waals surface area contributed by atoms with Gasteiger partial charge >= 0.3 is 0 Å². The van der Waals surface area contributed by atoms with Gasteiger partial charge in [0.05, 0.1) is 12.7 Å². The van der Waals surface area contributed by atoms with Crippen LogP contribution in [0.4, 0.5) is 4.39 Å². The number of carbonyl (C=O) groups is 1. The molecule has 1 rings (SSSR count). The van der Waals surface area contributed by atoms with Crippen LogP contribution in [0.2, 0.25) is 0 Å². The van der Waals surface area contributed by atoms with Gasteiger partial charge in [-0.1, -0.05) is 19.1 Å². The maximum absolute atomic E-state index is 12.8. The summed E-state index contributed by atoms with van der Waals surface area (Å²) in [6.45, 7) is 4.23. The second-order valence-corrected chi connectivity index (χ2v) is 7.22. The van der Waals surface area contributed by atoms with Gasteiger partial charge in [0.2, 0.25) is 15.9 Å². The second kappa shape index (κ2) is 8.24. The fourth-order valence-electron chi connectivity index (χ4n) is 2.07. The molecule has 0 bridgehead atoms. The zero-order chi connectivity index (χ0) is 16.8. The van der Waals surface area contributed by atoms with Crippen molar-refractivity contribution in [2.24, 2.45) is 0 Å². The van der Waals surface area contributed by atoms with Gasteiger partial charge in [-0.3, -0.25) is 4.79 Å². The van der Waals surface area contributed by atoms with Gasteiger partial charge in [0.15, 0.2) is 0 Å². The van der Waals surface area contributed by atoms with Crippen LogP contribution in [-0.4, -0.2) is 44.0 Å². The third-order valence-electron chi connectivity index (χ3n) is 3.44. The van der Waals surface area contributed by atoms with Crippen LogP contribution in [0.25, 0.3) is 0 Å². The maximum atomic E-state index is 12.8. The number of sulfonamides is 1. The summed E-state index contributed by atoms with van der Waals surface area (Å²) in [6, 6.07) is 5.60. The van der Waals surface area contributed by atoms with E-state index in [9.17, 15) is 17.6 Å². The number of nitrogens with one attached hydrogen (secondary N) is 1. The molecule has 1 unspecified atom stereocenters. The van der Waals surface area contributed by atoms with Crippen molar-refractivity contribution in [2.75, 3.05) is 19.3 Å². The highest BCUT2D eigenvalue weighted by Crippen LogP contribution is 2.08. The maximum Gasteiger partial charge on any atom is 0.224 e. The van der Waals surface area contributed by atoms with Gasteiger partial charge in [0.25, 0.3) is 0 Å². The minimum absolute atomic E-state index is 0.107. The molecule has 0 fully saturated rings. The summed E-state index contributed by atoms with van der Waals surface area (Å²) in [5.74, 6) is -0.564. The van der Waals surface area contributed by atoms with Crippen LogP contribution in [0.3, 0.4) is 0 Å². The van der Waals surface area contributed by atoms with E-state index in [1.807, 2.05) is 13.8 Å². The van der Waals surface area contributed by atoms with E-state index in [0.717, 1.165) is 0 Å². The second-order valence-electron chi connectivity index (χ2n) is 5.28. The zero-order valence-corrected chi connectivity index (χ0v) is 14.0. The molecule has 22 heavy (non-hydrogen) atoms. The molecule has 0 aliphatic rings. The Balaban J connectivity index is 2.48. The quantitative estimate of drug-likeness (QED) is 0.786. The largest absolute Gasteiger partial charge is 0.354 e. The van der Waals surface area contributed by atoms with Gasteiger partial charge in [-0.15, -0.1) is 0 Å². The van der Waals surface area contributed by atoms with E-state index < -0.39 is 10.0 Å². The van der Waals surface area contributed by atoms with Crippen molar-refractivity contribution in [3.8, 4) is 0 Å². The first-order valence-corrected chi connectivity index (χ1v) is 9.06. The first kappa shape index (κ1) is 18.6. The number of benzene rings is 1. The summed E-state index contributed by atoms with van der Waals surface area (Å²) in [5.41, 5.74) is 0.709. The first-order valence-electron chi connectivity index (χ1n) is 7.22. The molecule has 0 saturated carbocycles. The number of halogens is 1. The molecule has 0 spiro atoms. The number of nitrogens with zero attached hydrogens (tertiary/aromatic N) is 1. The van der Waals surface area contributed by atoms with E-state index in [0.29, 0.717) is 12.0 Å². The lowest BCUT2D eigenvalue weighted by Gasteiger charge is -2.25. The van der Waals surface area contributed by atoms with Crippen molar-refractivity contribution in [1.29, 1.82) is 0 Å². The summed E-state index contributed by atoms with van der Waals surface area (Å²) < 4.78 is 37.6. The Morgan fingerprint density at radius 3 is 2.41 bits per heavy atom. The van der Waals surface area contributed by atoms with Crippen molar-refractivity contribution in [2.45, 2.75) is 32.7 Å². The lowest BCUT2D eigenvalue weighted by atomic mass is 10.1. The van der Waals surface area contributed by atoms with Crippen LogP contribution in [-0.2, 0) is 21.2 Å². The lowest BCUT2D eigenvalue weighted by Crippen LogP contribution is -2.43. The van der Waals surface area contributed by atoms with E-state index in [4.69, 9.17) is 0 Å². The van der Waals surface area contributed by atoms with Crippen LogP contribution in [0.1, 0.15) is 25.8 Å². The van der Waals surface area contributed by atoms with Gasteiger partial charge in [-0.25, -0.2) is 12.8 Å². The monoisotopic (exact) mass is 330 g/mol. The third-order valence-corrected chi connectivity index (χ3v) is 4.84. The van der Waals surface area contributed by atoms with E-state index in [2.05, 4.69) is 5.32 Å². The Morgan fingerprint density at radius 1 is 1.32 bits per heavy atom. The number of amides is 1. The normalized spacial score (nSPS) is 13.1. The Kier molecular flexibility index (Phi) is 6.96. The van der Waals surface area contributed by atoms with Crippen molar-refractivity contribution < 1.29 is 17.6 Å². The van der Waals surface area contributed by atoms with Gasteiger partial charge < -0.3 is 5.32 Å². The van der Waals surface area contributed by atoms with E-state index >= 15 is 0 Å². The summed E-state index contributed by atoms with van der Waals surface area (Å²) in [5, 5.41) is 2.69. The Bertz CT molecular complexity index is 587. The topological polar surface area (TPSA) is 66.5 Å². The highest BCUT2D eigenvalue weighted by Gasteiger charge is 2.21. The summed E-state index contributed by atoms with van der Waals surface area (Å²) in [7, 11) is -3.30. The average Bonchev–Trinajstić information content (AvgIpc) is 2.44. The molecular formula is C15H23FN2O3S. The van der Waals surface area contributed by atoms with Crippen LogP contribution in [0.15, 0.2) is 24.3 Å². The van der Waals surface area contributed by atoms with Crippen LogP contribution >= 0.6 is 0 Å². The number of hydrogen-bond donors (Lipinski definition) is 1. The molecule has 0 aliphatic carbocycles. The number of hydrogen-bond acceptors (Lipinski definition) is 3. The Labute approximate surface area is 131 Å². The first-order chi connectivity index (χ1) is 10.2. The molecule has 0 saturated heterocycles. The Morgan fingerprint density at radius 2 is 1.91 bits per heavy atom. The summed E-state index contributed by atoms with van der Waals surface area (Å²) >= 11 is 0. The molecule has 0 radical (unpaired) electrons. The minimum atomic E-state index is -3.30. The Hall–Kier alpha value is -1.47.